The minimum absolute atomic E-state index is 0.668. The van der Waals surface area contributed by atoms with Gasteiger partial charge in [-0.3, -0.25) is 0 Å². The molecule has 0 spiro atoms. The number of anilines is 1. The standard InChI is InChI=1S/C20H21N3O2/c1-13-5-4-6-14-7-8-23(12-16(13)14)18-11-21-22-17-10-20(25-3)19(24-2)9-15(17)18/h4-6,9-11H,7-8,12H2,1-3H3. The van der Waals surface area contributed by atoms with Crippen molar-refractivity contribution in [1.29, 1.82) is 0 Å². The lowest BCUT2D eigenvalue weighted by molar-refractivity contribution is 0.355. The number of methoxy groups -OCH3 is 2. The van der Waals surface area contributed by atoms with Gasteiger partial charge < -0.3 is 14.4 Å². The average molecular weight is 335 g/mol. The summed E-state index contributed by atoms with van der Waals surface area (Å²) in [4.78, 5) is 2.37. The molecule has 1 aliphatic rings. The van der Waals surface area contributed by atoms with Crippen LogP contribution in [0, 0.1) is 6.92 Å². The first-order valence-corrected chi connectivity index (χ1v) is 8.41. The Hall–Kier alpha value is -2.82. The third kappa shape index (κ3) is 2.65. The molecule has 0 atom stereocenters. The van der Waals surface area contributed by atoms with Gasteiger partial charge in [-0.2, -0.15) is 10.2 Å². The predicted octanol–water partition coefficient (Wildman–Crippen LogP) is 3.52. The number of aryl methyl sites for hydroxylation is 1. The molecule has 0 radical (unpaired) electrons. The van der Waals surface area contributed by atoms with Crippen molar-refractivity contribution < 1.29 is 9.47 Å². The molecule has 4 rings (SSSR count). The van der Waals surface area contributed by atoms with Crippen LogP contribution in [0.3, 0.4) is 0 Å². The van der Waals surface area contributed by atoms with E-state index < -0.39 is 0 Å². The van der Waals surface area contributed by atoms with E-state index in [4.69, 9.17) is 9.47 Å². The Labute approximate surface area is 147 Å². The van der Waals surface area contributed by atoms with Crippen LogP contribution in [0.25, 0.3) is 10.9 Å². The van der Waals surface area contributed by atoms with Crippen LogP contribution in [0.15, 0.2) is 36.5 Å². The van der Waals surface area contributed by atoms with Crippen LogP contribution >= 0.6 is 0 Å². The number of hydrogen-bond acceptors (Lipinski definition) is 5. The molecule has 1 aliphatic heterocycles. The molecule has 2 heterocycles. The van der Waals surface area contributed by atoms with Gasteiger partial charge in [0.05, 0.1) is 31.6 Å². The van der Waals surface area contributed by atoms with Crippen LogP contribution in [0.2, 0.25) is 0 Å². The Bertz CT molecular complexity index is 940. The molecule has 0 bridgehead atoms. The highest BCUT2D eigenvalue weighted by molar-refractivity contribution is 5.93. The highest BCUT2D eigenvalue weighted by atomic mass is 16.5. The van der Waals surface area contributed by atoms with Crippen LogP contribution in [0.1, 0.15) is 16.7 Å². The first kappa shape index (κ1) is 15.7. The lowest BCUT2D eigenvalue weighted by Crippen LogP contribution is -2.31. The number of aromatic nitrogens is 2. The van der Waals surface area contributed by atoms with Gasteiger partial charge in [0.2, 0.25) is 0 Å². The van der Waals surface area contributed by atoms with Crippen LogP contribution in [-0.4, -0.2) is 31.0 Å². The lowest BCUT2D eigenvalue weighted by atomic mass is 9.95. The topological polar surface area (TPSA) is 47.5 Å². The van der Waals surface area contributed by atoms with E-state index in [2.05, 4.69) is 40.2 Å². The summed E-state index contributed by atoms with van der Waals surface area (Å²) in [6.45, 7) is 4.03. The van der Waals surface area contributed by atoms with Crippen LogP contribution < -0.4 is 14.4 Å². The lowest BCUT2D eigenvalue weighted by Gasteiger charge is -2.32. The molecule has 5 nitrogen and oxygen atoms in total. The molecule has 25 heavy (non-hydrogen) atoms. The number of ether oxygens (including phenoxy) is 2. The minimum Gasteiger partial charge on any atom is -0.493 e. The van der Waals surface area contributed by atoms with E-state index in [1.807, 2.05) is 18.3 Å². The SMILES string of the molecule is COc1cc2nncc(N3CCc4cccc(C)c4C3)c2cc1OC. The van der Waals surface area contributed by atoms with Crippen molar-refractivity contribution >= 4 is 16.6 Å². The summed E-state index contributed by atoms with van der Waals surface area (Å²) in [5.74, 6) is 1.37. The fourth-order valence-electron chi connectivity index (χ4n) is 3.58. The second-order valence-corrected chi connectivity index (χ2v) is 6.34. The Balaban J connectivity index is 1.81. The molecule has 5 heteroatoms. The number of benzene rings is 2. The van der Waals surface area contributed by atoms with Gasteiger partial charge in [0.1, 0.15) is 0 Å². The van der Waals surface area contributed by atoms with E-state index in [0.29, 0.717) is 11.5 Å². The van der Waals surface area contributed by atoms with E-state index in [1.165, 1.54) is 16.7 Å². The van der Waals surface area contributed by atoms with Crippen LogP contribution in [-0.2, 0) is 13.0 Å². The summed E-state index contributed by atoms with van der Waals surface area (Å²) in [5.41, 5.74) is 6.10. The van der Waals surface area contributed by atoms with Gasteiger partial charge in [-0.05, 0) is 36.1 Å². The Morgan fingerprint density at radius 1 is 1.08 bits per heavy atom. The normalized spacial score (nSPS) is 13.6. The highest BCUT2D eigenvalue weighted by Crippen LogP contribution is 2.36. The zero-order valence-electron chi connectivity index (χ0n) is 14.7. The predicted molar refractivity (Wildman–Crippen MR) is 98.6 cm³/mol. The molecule has 0 unspecified atom stereocenters. The second-order valence-electron chi connectivity index (χ2n) is 6.34. The Kier molecular flexibility index (Phi) is 3.92. The van der Waals surface area contributed by atoms with Crippen molar-refractivity contribution in [3.63, 3.8) is 0 Å². The molecule has 3 aromatic rings. The summed E-state index contributed by atoms with van der Waals surface area (Å²) >= 11 is 0. The maximum atomic E-state index is 5.47. The molecule has 128 valence electrons. The summed E-state index contributed by atoms with van der Waals surface area (Å²) in [6.07, 6.45) is 2.88. The fourth-order valence-corrected chi connectivity index (χ4v) is 3.58. The van der Waals surface area contributed by atoms with Gasteiger partial charge in [0, 0.05) is 24.5 Å². The number of rotatable bonds is 3. The van der Waals surface area contributed by atoms with Crippen molar-refractivity contribution in [3.8, 4) is 11.5 Å². The zero-order valence-corrected chi connectivity index (χ0v) is 14.7. The largest absolute Gasteiger partial charge is 0.493 e. The second kappa shape index (κ2) is 6.24. The highest BCUT2D eigenvalue weighted by Gasteiger charge is 2.21. The van der Waals surface area contributed by atoms with E-state index in [1.54, 1.807) is 14.2 Å². The van der Waals surface area contributed by atoms with Crippen molar-refractivity contribution in [3.05, 3.63) is 53.2 Å². The molecule has 1 aromatic heterocycles. The monoisotopic (exact) mass is 335 g/mol. The fraction of sp³-hybridized carbons (Fsp3) is 0.300. The molecular weight excluding hydrogens is 314 g/mol. The van der Waals surface area contributed by atoms with Crippen molar-refractivity contribution in [2.24, 2.45) is 0 Å². The maximum Gasteiger partial charge on any atom is 0.162 e. The number of hydrogen-bond donors (Lipinski definition) is 0. The summed E-state index contributed by atoms with van der Waals surface area (Å²) in [6, 6.07) is 10.4. The molecule has 0 saturated heterocycles. The van der Waals surface area contributed by atoms with E-state index >= 15 is 0 Å². The summed E-state index contributed by atoms with van der Waals surface area (Å²) in [5, 5.41) is 9.51. The van der Waals surface area contributed by atoms with Crippen molar-refractivity contribution in [1.82, 2.24) is 10.2 Å². The smallest absolute Gasteiger partial charge is 0.162 e. The van der Waals surface area contributed by atoms with Gasteiger partial charge in [-0.15, -0.1) is 0 Å². The van der Waals surface area contributed by atoms with Gasteiger partial charge in [-0.25, -0.2) is 0 Å². The van der Waals surface area contributed by atoms with Gasteiger partial charge >= 0.3 is 0 Å². The van der Waals surface area contributed by atoms with Crippen LogP contribution in [0.4, 0.5) is 5.69 Å². The van der Waals surface area contributed by atoms with Crippen molar-refractivity contribution in [2.75, 3.05) is 25.7 Å². The molecule has 0 aliphatic carbocycles. The molecule has 0 N–H and O–H groups in total. The van der Waals surface area contributed by atoms with Gasteiger partial charge in [-0.1, -0.05) is 18.2 Å². The first-order valence-electron chi connectivity index (χ1n) is 8.41. The minimum atomic E-state index is 0.668. The number of nitrogens with zero attached hydrogens (tertiary/aromatic N) is 3. The quantitative estimate of drug-likeness (QED) is 0.733. The van der Waals surface area contributed by atoms with Gasteiger partial charge in [0.15, 0.2) is 11.5 Å². The Morgan fingerprint density at radius 2 is 1.88 bits per heavy atom. The average Bonchev–Trinajstić information content (AvgIpc) is 2.66. The third-order valence-corrected chi connectivity index (χ3v) is 4.97. The summed E-state index contributed by atoms with van der Waals surface area (Å²) in [7, 11) is 3.28. The van der Waals surface area contributed by atoms with E-state index in [-0.39, 0.29) is 0 Å². The molecular formula is C20H21N3O2. The molecule has 0 amide bonds. The van der Waals surface area contributed by atoms with E-state index in [9.17, 15) is 0 Å². The number of fused-ring (bicyclic) bond motifs is 2. The van der Waals surface area contributed by atoms with Gasteiger partial charge in [0.25, 0.3) is 0 Å². The molecule has 0 fully saturated rings. The first-order chi connectivity index (χ1) is 12.2. The van der Waals surface area contributed by atoms with Crippen LogP contribution in [0.5, 0.6) is 11.5 Å². The molecule has 2 aromatic carbocycles. The summed E-state index contributed by atoms with van der Waals surface area (Å²) < 4.78 is 10.9. The Morgan fingerprint density at radius 3 is 2.68 bits per heavy atom. The third-order valence-electron chi connectivity index (χ3n) is 4.97. The molecule has 0 saturated carbocycles. The zero-order chi connectivity index (χ0) is 17.4. The maximum absolute atomic E-state index is 5.47. The van der Waals surface area contributed by atoms with Crippen molar-refractivity contribution in [2.45, 2.75) is 19.9 Å². The van der Waals surface area contributed by atoms with E-state index in [0.717, 1.165) is 36.1 Å².